The summed E-state index contributed by atoms with van der Waals surface area (Å²) in [5, 5.41) is 9.98. The van der Waals surface area contributed by atoms with Crippen LogP contribution in [0.1, 0.15) is 0 Å². The van der Waals surface area contributed by atoms with Crippen LogP contribution in [0.4, 0.5) is 0 Å². The van der Waals surface area contributed by atoms with E-state index in [0.29, 0.717) is 0 Å². The molecule has 0 N–H and O–H groups in total. The van der Waals surface area contributed by atoms with Crippen molar-refractivity contribution in [3.8, 4) is 0 Å². The standard InChI is InChI=1S/C3H4NO2/c5-3-1-4-2-6-3/h2-3H,1H2. The molecule has 0 aliphatic carbocycles. The Morgan fingerprint density at radius 3 is 3.00 bits per heavy atom. The summed E-state index contributed by atoms with van der Waals surface area (Å²) >= 11 is 0. The van der Waals surface area contributed by atoms with E-state index in [2.05, 4.69) is 9.73 Å². The molecule has 1 atom stereocenters. The van der Waals surface area contributed by atoms with Gasteiger partial charge in [-0.15, -0.1) is 0 Å². The predicted molar refractivity (Wildman–Crippen MR) is 18.9 cm³/mol. The van der Waals surface area contributed by atoms with E-state index in [1.165, 1.54) is 6.40 Å². The fourth-order valence-corrected chi connectivity index (χ4v) is 0.283. The van der Waals surface area contributed by atoms with Gasteiger partial charge in [-0.05, 0) is 0 Å². The molecule has 1 unspecified atom stereocenters. The summed E-state index contributed by atoms with van der Waals surface area (Å²) in [7, 11) is 0. The van der Waals surface area contributed by atoms with Gasteiger partial charge in [0.25, 0.3) is 6.29 Å². The van der Waals surface area contributed by atoms with Gasteiger partial charge in [0.15, 0.2) is 6.40 Å². The van der Waals surface area contributed by atoms with E-state index in [0.717, 1.165) is 0 Å². The van der Waals surface area contributed by atoms with Crippen LogP contribution in [-0.2, 0) is 9.84 Å². The van der Waals surface area contributed by atoms with E-state index in [1.54, 1.807) is 0 Å². The summed E-state index contributed by atoms with van der Waals surface area (Å²) in [6, 6.07) is 0. The maximum absolute atomic E-state index is 9.98. The van der Waals surface area contributed by atoms with Crippen molar-refractivity contribution in [2.75, 3.05) is 6.54 Å². The minimum Gasteiger partial charge on any atom is -0.450 e. The molecule has 1 heterocycles. The SMILES string of the molecule is [O]C1CN=CO1. The van der Waals surface area contributed by atoms with Crippen molar-refractivity contribution in [2.24, 2.45) is 4.99 Å². The molecule has 0 bridgehead atoms. The number of hydrogen-bond acceptors (Lipinski definition) is 2. The molecular weight excluding hydrogens is 82.0 g/mol. The molecule has 1 aliphatic heterocycles. The molecule has 0 aromatic rings. The molecule has 0 spiro atoms. The van der Waals surface area contributed by atoms with Gasteiger partial charge in [-0.3, -0.25) is 4.99 Å². The van der Waals surface area contributed by atoms with Crippen LogP contribution in [0.5, 0.6) is 0 Å². The number of aliphatic imine (C=N–C) groups is 1. The Morgan fingerprint density at radius 2 is 2.83 bits per heavy atom. The molecule has 3 heteroatoms. The minimum absolute atomic E-state index is 0.278. The molecule has 0 saturated carbocycles. The van der Waals surface area contributed by atoms with E-state index in [-0.39, 0.29) is 6.54 Å². The van der Waals surface area contributed by atoms with Gasteiger partial charge in [0.2, 0.25) is 0 Å². The summed E-state index contributed by atoms with van der Waals surface area (Å²) in [5.74, 6) is 0. The van der Waals surface area contributed by atoms with Crippen molar-refractivity contribution in [1.29, 1.82) is 0 Å². The third-order valence-electron chi connectivity index (χ3n) is 0.542. The van der Waals surface area contributed by atoms with Gasteiger partial charge in [-0.1, -0.05) is 0 Å². The summed E-state index contributed by atoms with van der Waals surface area (Å²) in [5.41, 5.74) is 0. The Morgan fingerprint density at radius 1 is 2.00 bits per heavy atom. The van der Waals surface area contributed by atoms with E-state index in [9.17, 15) is 5.11 Å². The molecule has 1 rings (SSSR count). The molecule has 0 fully saturated rings. The highest BCUT2D eigenvalue weighted by molar-refractivity contribution is 5.48. The molecular formula is C3H4NO2. The molecule has 0 aromatic carbocycles. The van der Waals surface area contributed by atoms with Crippen molar-refractivity contribution in [3.63, 3.8) is 0 Å². The highest BCUT2D eigenvalue weighted by Gasteiger charge is 2.06. The molecule has 1 radical (unpaired) electrons. The van der Waals surface area contributed by atoms with Crippen LogP contribution in [0, 0.1) is 0 Å². The fraction of sp³-hybridized carbons (Fsp3) is 0.667. The fourth-order valence-electron chi connectivity index (χ4n) is 0.283. The lowest BCUT2D eigenvalue weighted by Gasteiger charge is -1.90. The van der Waals surface area contributed by atoms with Crippen LogP contribution < -0.4 is 0 Å². The second-order valence-electron chi connectivity index (χ2n) is 1.04. The lowest BCUT2D eigenvalue weighted by Crippen LogP contribution is -2.04. The lowest BCUT2D eigenvalue weighted by molar-refractivity contribution is -0.0543. The van der Waals surface area contributed by atoms with Crippen LogP contribution in [0.3, 0.4) is 0 Å². The second-order valence-corrected chi connectivity index (χ2v) is 1.04. The number of hydrogen-bond donors (Lipinski definition) is 0. The van der Waals surface area contributed by atoms with Gasteiger partial charge < -0.3 is 4.74 Å². The van der Waals surface area contributed by atoms with Crippen LogP contribution in [0.25, 0.3) is 0 Å². The summed E-state index contributed by atoms with van der Waals surface area (Å²) < 4.78 is 4.31. The Kier molecular flexibility index (Phi) is 0.759. The zero-order valence-electron chi connectivity index (χ0n) is 3.13. The van der Waals surface area contributed by atoms with Gasteiger partial charge in [0.05, 0.1) is 0 Å². The molecule has 0 saturated heterocycles. The number of rotatable bonds is 0. The first-order chi connectivity index (χ1) is 2.89. The normalized spacial score (nSPS) is 30.5. The third kappa shape index (κ3) is 0.490. The van der Waals surface area contributed by atoms with Crippen molar-refractivity contribution >= 4 is 6.40 Å². The van der Waals surface area contributed by atoms with Gasteiger partial charge in [0.1, 0.15) is 6.54 Å². The van der Waals surface area contributed by atoms with Crippen molar-refractivity contribution in [2.45, 2.75) is 6.29 Å². The first-order valence-electron chi connectivity index (χ1n) is 1.69. The first kappa shape index (κ1) is 3.61. The van der Waals surface area contributed by atoms with Gasteiger partial charge in [-0.25, -0.2) is 0 Å². The smallest absolute Gasteiger partial charge is 0.251 e. The first-order valence-corrected chi connectivity index (χ1v) is 1.69. The summed E-state index contributed by atoms with van der Waals surface area (Å²) in [6.45, 7) is 0.278. The number of nitrogens with zero attached hydrogens (tertiary/aromatic N) is 1. The van der Waals surface area contributed by atoms with E-state index in [4.69, 9.17) is 0 Å². The minimum atomic E-state index is -0.926. The highest BCUT2D eigenvalue weighted by atomic mass is 16.6. The largest absolute Gasteiger partial charge is 0.450 e. The van der Waals surface area contributed by atoms with Gasteiger partial charge in [-0.2, -0.15) is 5.11 Å². The highest BCUT2D eigenvalue weighted by Crippen LogP contribution is 1.91. The Labute approximate surface area is 35.3 Å². The van der Waals surface area contributed by atoms with E-state index in [1.807, 2.05) is 0 Å². The van der Waals surface area contributed by atoms with Crippen molar-refractivity contribution < 1.29 is 9.84 Å². The Hall–Kier alpha value is -0.570. The topological polar surface area (TPSA) is 41.5 Å². The molecule has 0 aromatic heterocycles. The molecule has 33 valence electrons. The van der Waals surface area contributed by atoms with Crippen LogP contribution in [-0.4, -0.2) is 19.2 Å². The van der Waals surface area contributed by atoms with E-state index < -0.39 is 6.29 Å². The quantitative estimate of drug-likeness (QED) is 0.402. The zero-order valence-corrected chi connectivity index (χ0v) is 3.13. The predicted octanol–water partition coefficient (Wildman–Crippen LogP) is -0.199. The molecule has 0 amide bonds. The average molecular weight is 86.1 g/mol. The molecule has 3 nitrogen and oxygen atoms in total. The maximum Gasteiger partial charge on any atom is 0.251 e. The van der Waals surface area contributed by atoms with Crippen LogP contribution in [0.2, 0.25) is 0 Å². The van der Waals surface area contributed by atoms with E-state index >= 15 is 0 Å². The number of ether oxygens (including phenoxy) is 1. The zero-order chi connectivity index (χ0) is 4.41. The third-order valence-corrected chi connectivity index (χ3v) is 0.542. The second kappa shape index (κ2) is 1.26. The maximum atomic E-state index is 9.98. The Bertz CT molecular complexity index is 63.2. The Balaban J connectivity index is 2.32. The average Bonchev–Trinajstić information content (AvgIpc) is 1.86. The van der Waals surface area contributed by atoms with Gasteiger partial charge in [0, 0.05) is 0 Å². The molecule has 6 heavy (non-hydrogen) atoms. The molecule has 1 aliphatic rings. The summed E-state index contributed by atoms with van der Waals surface area (Å²) in [6.07, 6.45) is 0.266. The van der Waals surface area contributed by atoms with Crippen LogP contribution in [0.15, 0.2) is 4.99 Å². The van der Waals surface area contributed by atoms with Gasteiger partial charge >= 0.3 is 0 Å². The lowest BCUT2D eigenvalue weighted by atomic mass is 10.7. The van der Waals surface area contributed by atoms with Crippen molar-refractivity contribution in [1.82, 2.24) is 0 Å². The summed E-state index contributed by atoms with van der Waals surface area (Å²) in [4.78, 5) is 3.50. The van der Waals surface area contributed by atoms with Crippen LogP contribution >= 0.6 is 0 Å². The van der Waals surface area contributed by atoms with Crippen molar-refractivity contribution in [3.05, 3.63) is 0 Å². The monoisotopic (exact) mass is 86.0 g/mol.